The molecule has 1 saturated heterocycles. The second-order valence-corrected chi connectivity index (χ2v) is 7.74. The summed E-state index contributed by atoms with van der Waals surface area (Å²) in [4.78, 5) is 16.5. The molecule has 148 valence electrons. The lowest BCUT2D eigenvalue weighted by atomic mass is 10.1. The molecule has 0 bridgehead atoms. The van der Waals surface area contributed by atoms with E-state index in [1.165, 1.54) is 6.33 Å². The fourth-order valence-electron chi connectivity index (χ4n) is 3.23. The minimum Gasteiger partial charge on any atom is -0.444 e. The highest BCUT2D eigenvalue weighted by Gasteiger charge is 2.23. The number of aromatic nitrogens is 4. The highest BCUT2D eigenvalue weighted by Crippen LogP contribution is 2.33. The Morgan fingerprint density at radius 3 is 2.86 bits per heavy atom. The summed E-state index contributed by atoms with van der Waals surface area (Å²) in [7, 11) is 0. The van der Waals surface area contributed by atoms with E-state index < -0.39 is 11.7 Å². The van der Waals surface area contributed by atoms with Crippen molar-refractivity contribution < 1.29 is 18.8 Å². The number of ether oxygens (including phenoxy) is 2. The average molecular weight is 385 g/mol. The number of fused-ring (bicyclic) bond motifs is 1. The van der Waals surface area contributed by atoms with Crippen LogP contribution in [-0.2, 0) is 9.47 Å². The number of carbonyl (C=O) groups excluding carboxylic acids is 1. The fraction of sp³-hybridized carbons (Fsp3) is 0.474. The zero-order valence-corrected chi connectivity index (χ0v) is 16.1. The molecule has 4 rings (SSSR count). The molecule has 1 fully saturated rings. The number of nitrogens with one attached hydrogen (secondary N) is 1. The lowest BCUT2D eigenvalue weighted by molar-refractivity contribution is -0.0366. The monoisotopic (exact) mass is 385 g/mol. The molecule has 3 heterocycles. The molecule has 1 unspecified atom stereocenters. The molecule has 1 aromatic carbocycles. The zero-order chi connectivity index (χ0) is 19.7. The molecule has 0 radical (unpaired) electrons. The highest BCUT2D eigenvalue weighted by molar-refractivity contribution is 6.01. The quantitative estimate of drug-likeness (QED) is 0.722. The smallest absolute Gasteiger partial charge is 0.412 e. The van der Waals surface area contributed by atoms with Crippen LogP contribution in [0.5, 0.6) is 0 Å². The van der Waals surface area contributed by atoms with Crippen molar-refractivity contribution in [2.45, 2.75) is 51.9 Å². The summed E-state index contributed by atoms with van der Waals surface area (Å²) in [5.74, 6) is 0.353. The molecule has 28 heavy (non-hydrogen) atoms. The van der Waals surface area contributed by atoms with Crippen LogP contribution in [0.25, 0.3) is 22.4 Å². The van der Waals surface area contributed by atoms with Gasteiger partial charge in [0.25, 0.3) is 5.89 Å². The van der Waals surface area contributed by atoms with Crippen LogP contribution < -0.4 is 5.32 Å². The van der Waals surface area contributed by atoms with E-state index in [9.17, 15) is 4.79 Å². The highest BCUT2D eigenvalue weighted by atomic mass is 16.6. The average Bonchev–Trinajstić information content (AvgIpc) is 3.30. The lowest BCUT2D eigenvalue weighted by Crippen LogP contribution is -2.27. The maximum Gasteiger partial charge on any atom is 0.412 e. The molecule has 1 aliphatic rings. The van der Waals surface area contributed by atoms with Gasteiger partial charge in [-0.25, -0.2) is 9.48 Å². The van der Waals surface area contributed by atoms with Crippen LogP contribution >= 0.6 is 0 Å². The molecular weight excluding hydrogens is 362 g/mol. The van der Waals surface area contributed by atoms with Crippen molar-refractivity contribution in [1.29, 1.82) is 0 Å². The van der Waals surface area contributed by atoms with Gasteiger partial charge < -0.3 is 14.0 Å². The Balaban J connectivity index is 1.76. The normalized spacial score (nSPS) is 17.6. The van der Waals surface area contributed by atoms with Crippen LogP contribution in [0.4, 0.5) is 10.5 Å². The second-order valence-electron chi connectivity index (χ2n) is 7.74. The predicted molar refractivity (Wildman–Crippen MR) is 102 cm³/mol. The van der Waals surface area contributed by atoms with Crippen molar-refractivity contribution in [3.8, 4) is 11.5 Å². The number of amides is 1. The summed E-state index contributed by atoms with van der Waals surface area (Å²) in [6.45, 7) is 6.15. The number of nitrogens with zero attached hydrogens (tertiary/aromatic N) is 4. The van der Waals surface area contributed by atoms with Gasteiger partial charge in [-0.3, -0.25) is 5.32 Å². The van der Waals surface area contributed by atoms with E-state index in [0.29, 0.717) is 23.7 Å². The summed E-state index contributed by atoms with van der Waals surface area (Å²) in [6, 6.07) is 3.68. The van der Waals surface area contributed by atoms with Gasteiger partial charge in [0.15, 0.2) is 12.6 Å². The van der Waals surface area contributed by atoms with Gasteiger partial charge in [-0.05, 0) is 52.2 Å². The van der Waals surface area contributed by atoms with Crippen LogP contribution in [0.2, 0.25) is 0 Å². The van der Waals surface area contributed by atoms with Gasteiger partial charge in [0, 0.05) is 17.6 Å². The van der Waals surface area contributed by atoms with Gasteiger partial charge in [0.1, 0.15) is 5.60 Å². The maximum absolute atomic E-state index is 12.3. The van der Waals surface area contributed by atoms with E-state index in [4.69, 9.17) is 14.0 Å². The molecule has 2 aromatic heterocycles. The summed E-state index contributed by atoms with van der Waals surface area (Å²) < 4.78 is 18.3. The molecule has 3 aromatic rings. The maximum atomic E-state index is 12.3. The molecule has 1 atom stereocenters. The summed E-state index contributed by atoms with van der Waals surface area (Å²) in [5.41, 5.74) is 1.44. The van der Waals surface area contributed by atoms with Crippen LogP contribution in [0.1, 0.15) is 46.3 Å². The molecule has 9 nitrogen and oxygen atoms in total. The Bertz CT molecular complexity index is 968. The predicted octanol–water partition coefficient (Wildman–Crippen LogP) is 4.13. The van der Waals surface area contributed by atoms with Gasteiger partial charge in [-0.1, -0.05) is 5.16 Å². The van der Waals surface area contributed by atoms with Crippen molar-refractivity contribution in [3.63, 3.8) is 0 Å². The molecule has 1 amide bonds. The summed E-state index contributed by atoms with van der Waals surface area (Å²) in [5, 5.41) is 11.8. The van der Waals surface area contributed by atoms with Gasteiger partial charge in [0.05, 0.1) is 17.4 Å². The first-order valence-corrected chi connectivity index (χ1v) is 9.31. The van der Waals surface area contributed by atoms with Gasteiger partial charge in [0.2, 0.25) is 0 Å². The minimum atomic E-state index is -0.604. The van der Waals surface area contributed by atoms with Crippen LogP contribution in [0.15, 0.2) is 29.2 Å². The molecule has 1 aliphatic heterocycles. The fourth-order valence-corrected chi connectivity index (χ4v) is 3.23. The minimum absolute atomic E-state index is 0.140. The number of benzene rings is 1. The number of anilines is 1. The van der Waals surface area contributed by atoms with Gasteiger partial charge in [-0.2, -0.15) is 10.1 Å². The number of carbonyl (C=O) groups is 1. The zero-order valence-electron chi connectivity index (χ0n) is 16.1. The largest absolute Gasteiger partial charge is 0.444 e. The van der Waals surface area contributed by atoms with E-state index in [1.54, 1.807) is 12.3 Å². The van der Waals surface area contributed by atoms with Crippen LogP contribution in [-0.4, -0.2) is 38.2 Å². The molecule has 0 spiro atoms. The first-order chi connectivity index (χ1) is 13.4. The number of hydrogen-bond acceptors (Lipinski definition) is 7. The summed E-state index contributed by atoms with van der Waals surface area (Å²) in [6.07, 6.45) is 5.39. The van der Waals surface area contributed by atoms with E-state index in [0.717, 1.165) is 30.2 Å². The topological polar surface area (TPSA) is 104 Å². The molecular formula is C19H23N5O4. The Morgan fingerprint density at radius 2 is 2.18 bits per heavy atom. The van der Waals surface area contributed by atoms with Gasteiger partial charge >= 0.3 is 6.09 Å². The Hall–Kier alpha value is -2.94. The molecule has 0 saturated carbocycles. The third-order valence-electron chi connectivity index (χ3n) is 4.39. The first-order valence-electron chi connectivity index (χ1n) is 9.31. The second kappa shape index (κ2) is 7.23. The lowest BCUT2D eigenvalue weighted by Gasteiger charge is -2.23. The standard InChI is InChI=1S/C19H23N5O4/c1-19(2,3)27-18(25)23-14-8-12(17-20-11-22-28-17)9-15-13(14)10-21-24(15)16-6-4-5-7-26-16/h8-11,16H,4-7H2,1-3H3,(H,23,25). The molecule has 0 aliphatic carbocycles. The Labute approximate surface area is 162 Å². The van der Waals surface area contributed by atoms with Crippen molar-refractivity contribution in [3.05, 3.63) is 24.7 Å². The van der Waals surface area contributed by atoms with E-state index >= 15 is 0 Å². The molecule has 9 heteroatoms. The number of rotatable bonds is 3. The van der Waals surface area contributed by atoms with Crippen molar-refractivity contribution in [1.82, 2.24) is 19.9 Å². The van der Waals surface area contributed by atoms with Crippen molar-refractivity contribution in [2.75, 3.05) is 11.9 Å². The van der Waals surface area contributed by atoms with E-state index in [2.05, 4.69) is 20.6 Å². The summed E-state index contributed by atoms with van der Waals surface area (Å²) >= 11 is 0. The third kappa shape index (κ3) is 3.84. The molecule has 1 N–H and O–H groups in total. The Morgan fingerprint density at radius 1 is 1.32 bits per heavy atom. The van der Waals surface area contributed by atoms with Crippen LogP contribution in [0.3, 0.4) is 0 Å². The number of hydrogen-bond donors (Lipinski definition) is 1. The SMILES string of the molecule is CC(C)(C)OC(=O)Nc1cc(-c2ncno2)cc2c1cnn2C1CCCCO1. The Kier molecular flexibility index (Phi) is 4.76. The van der Waals surface area contributed by atoms with E-state index in [-0.39, 0.29) is 6.23 Å². The van der Waals surface area contributed by atoms with Crippen molar-refractivity contribution in [2.24, 2.45) is 0 Å². The first kappa shape index (κ1) is 18.4. The van der Waals surface area contributed by atoms with Gasteiger partial charge in [-0.15, -0.1) is 0 Å². The third-order valence-corrected chi connectivity index (χ3v) is 4.39. The van der Waals surface area contributed by atoms with Crippen molar-refractivity contribution >= 4 is 22.7 Å². The van der Waals surface area contributed by atoms with Crippen LogP contribution in [0, 0.1) is 0 Å². The van der Waals surface area contributed by atoms with E-state index in [1.807, 2.05) is 31.5 Å².